The molecule has 0 aliphatic rings. The Morgan fingerprint density at radius 1 is 1.38 bits per heavy atom. The van der Waals surface area contributed by atoms with Crippen molar-refractivity contribution in [2.24, 2.45) is 10.6 Å². The predicted molar refractivity (Wildman–Crippen MR) is 52.8 cm³/mol. The van der Waals surface area contributed by atoms with Gasteiger partial charge in [-0.1, -0.05) is 20.8 Å². The van der Waals surface area contributed by atoms with Crippen LogP contribution in [-0.2, 0) is 14.8 Å². The fourth-order valence-corrected chi connectivity index (χ4v) is 1.92. The van der Waals surface area contributed by atoms with Gasteiger partial charge in [0.1, 0.15) is 0 Å². The van der Waals surface area contributed by atoms with Crippen LogP contribution in [0, 0.1) is 5.41 Å². The van der Waals surface area contributed by atoms with Gasteiger partial charge in [-0.3, -0.25) is 0 Å². The zero-order valence-electron chi connectivity index (χ0n) is 8.70. The highest BCUT2D eigenvalue weighted by Crippen LogP contribution is 2.22. The molecule has 1 atom stereocenters. The minimum absolute atomic E-state index is 0.0470. The highest BCUT2D eigenvalue weighted by atomic mass is 32.2. The highest BCUT2D eigenvalue weighted by molar-refractivity contribution is 7.89. The number of ether oxygens (including phenoxy) is 1. The average Bonchev–Trinajstić information content (AvgIpc) is 1.79. The molecule has 0 rings (SSSR count). The first-order chi connectivity index (χ1) is 5.64. The fourth-order valence-electron chi connectivity index (χ4n) is 1.15. The lowest BCUT2D eigenvalue weighted by molar-refractivity contribution is 0.0828. The maximum atomic E-state index is 10.8. The Bertz CT molecular complexity index is 241. The molecule has 13 heavy (non-hydrogen) atoms. The molecule has 0 fully saturated rings. The van der Waals surface area contributed by atoms with Gasteiger partial charge >= 0.3 is 0 Å². The molecule has 5 heteroatoms. The fraction of sp³-hybridized carbons (Fsp3) is 1.00. The summed E-state index contributed by atoms with van der Waals surface area (Å²) in [6.45, 7) is 6.09. The van der Waals surface area contributed by atoms with E-state index in [1.165, 1.54) is 7.11 Å². The van der Waals surface area contributed by atoms with Crippen molar-refractivity contribution in [2.75, 3.05) is 12.9 Å². The van der Waals surface area contributed by atoms with Crippen molar-refractivity contribution in [1.29, 1.82) is 0 Å². The summed E-state index contributed by atoms with van der Waals surface area (Å²) < 4.78 is 26.6. The van der Waals surface area contributed by atoms with Gasteiger partial charge in [-0.05, 0) is 11.8 Å². The lowest BCUT2D eigenvalue weighted by Crippen LogP contribution is -2.31. The number of hydrogen-bond donors (Lipinski definition) is 1. The number of hydrogen-bond acceptors (Lipinski definition) is 3. The van der Waals surface area contributed by atoms with Gasteiger partial charge in [0.2, 0.25) is 10.0 Å². The second-order valence-corrected chi connectivity index (χ2v) is 6.11. The van der Waals surface area contributed by atoms with E-state index in [9.17, 15) is 8.42 Å². The molecule has 0 aliphatic heterocycles. The highest BCUT2D eigenvalue weighted by Gasteiger charge is 2.21. The largest absolute Gasteiger partial charge is 0.380 e. The molecule has 0 saturated carbocycles. The van der Waals surface area contributed by atoms with Gasteiger partial charge in [-0.25, -0.2) is 13.6 Å². The molecule has 0 aromatic rings. The monoisotopic (exact) mass is 209 g/mol. The van der Waals surface area contributed by atoms with E-state index >= 15 is 0 Å². The van der Waals surface area contributed by atoms with E-state index < -0.39 is 10.0 Å². The third kappa shape index (κ3) is 8.21. The molecule has 0 aliphatic carbocycles. The number of primary sulfonamides is 1. The molecule has 0 aromatic carbocycles. The molecule has 80 valence electrons. The molecule has 0 spiro atoms. The van der Waals surface area contributed by atoms with Crippen LogP contribution in [-0.4, -0.2) is 27.4 Å². The second-order valence-electron chi connectivity index (χ2n) is 4.45. The van der Waals surface area contributed by atoms with Crippen LogP contribution in [0.2, 0.25) is 0 Å². The second kappa shape index (κ2) is 4.39. The van der Waals surface area contributed by atoms with Gasteiger partial charge in [-0.2, -0.15) is 0 Å². The smallest absolute Gasteiger partial charge is 0.211 e. The first kappa shape index (κ1) is 12.9. The molecular weight excluding hydrogens is 190 g/mol. The van der Waals surface area contributed by atoms with E-state index in [1.54, 1.807) is 0 Å². The van der Waals surface area contributed by atoms with Crippen LogP contribution < -0.4 is 5.14 Å². The summed E-state index contributed by atoms with van der Waals surface area (Å²) in [5.41, 5.74) is 0.0470. The molecule has 0 saturated heterocycles. The van der Waals surface area contributed by atoms with Gasteiger partial charge in [0, 0.05) is 7.11 Å². The maximum Gasteiger partial charge on any atom is 0.211 e. The van der Waals surface area contributed by atoms with Crippen molar-refractivity contribution >= 4 is 10.0 Å². The quantitative estimate of drug-likeness (QED) is 0.742. The lowest BCUT2D eigenvalue weighted by Gasteiger charge is -2.24. The number of rotatable bonds is 4. The zero-order chi connectivity index (χ0) is 10.7. The van der Waals surface area contributed by atoms with Gasteiger partial charge in [0.15, 0.2) is 0 Å². The summed E-state index contributed by atoms with van der Waals surface area (Å²) in [5, 5.41) is 4.92. The Kier molecular flexibility index (Phi) is 4.35. The van der Waals surface area contributed by atoms with Crippen molar-refractivity contribution < 1.29 is 13.2 Å². The standard InChI is InChI=1S/C8H19NO3S/c1-8(2,3)5-7(12-4)6-13(9,10)11/h7H,5-6H2,1-4H3,(H2,9,10,11). The summed E-state index contributed by atoms with van der Waals surface area (Å²) >= 11 is 0. The first-order valence-electron chi connectivity index (χ1n) is 4.17. The van der Waals surface area contributed by atoms with Gasteiger partial charge in [-0.15, -0.1) is 0 Å². The van der Waals surface area contributed by atoms with Crippen LogP contribution in [0.3, 0.4) is 0 Å². The molecule has 0 heterocycles. The van der Waals surface area contributed by atoms with Crippen molar-refractivity contribution in [2.45, 2.75) is 33.3 Å². The normalized spacial score (nSPS) is 15.8. The van der Waals surface area contributed by atoms with E-state index in [-0.39, 0.29) is 17.3 Å². The van der Waals surface area contributed by atoms with Crippen molar-refractivity contribution in [3.8, 4) is 0 Å². The van der Waals surface area contributed by atoms with Crippen LogP contribution in [0.25, 0.3) is 0 Å². The van der Waals surface area contributed by atoms with Crippen LogP contribution in [0.15, 0.2) is 0 Å². The van der Waals surface area contributed by atoms with Crippen molar-refractivity contribution in [3.05, 3.63) is 0 Å². The third-order valence-electron chi connectivity index (χ3n) is 1.59. The third-order valence-corrected chi connectivity index (χ3v) is 2.43. The summed E-state index contributed by atoms with van der Waals surface area (Å²) in [7, 11) is -1.93. The van der Waals surface area contributed by atoms with Crippen LogP contribution in [0.4, 0.5) is 0 Å². The Hall–Kier alpha value is -0.130. The molecule has 1 unspecified atom stereocenters. The molecule has 2 N–H and O–H groups in total. The van der Waals surface area contributed by atoms with Crippen LogP contribution in [0.1, 0.15) is 27.2 Å². The Balaban J connectivity index is 4.22. The van der Waals surface area contributed by atoms with Gasteiger partial charge < -0.3 is 4.74 Å². The van der Waals surface area contributed by atoms with Gasteiger partial charge in [0.05, 0.1) is 11.9 Å². The summed E-state index contributed by atoms with van der Waals surface area (Å²) in [6.07, 6.45) is 0.370. The average molecular weight is 209 g/mol. The SMILES string of the molecule is COC(CC(C)(C)C)CS(N)(=O)=O. The Labute approximate surface area is 80.5 Å². The van der Waals surface area contributed by atoms with E-state index in [4.69, 9.17) is 9.88 Å². The zero-order valence-corrected chi connectivity index (χ0v) is 9.52. The van der Waals surface area contributed by atoms with Crippen LogP contribution in [0.5, 0.6) is 0 Å². The van der Waals surface area contributed by atoms with E-state index in [0.717, 1.165) is 0 Å². The number of nitrogens with two attached hydrogens (primary N) is 1. The molecule has 0 aromatic heterocycles. The van der Waals surface area contributed by atoms with E-state index in [0.29, 0.717) is 6.42 Å². The summed E-state index contributed by atoms with van der Waals surface area (Å²) in [5.74, 6) is -0.110. The van der Waals surface area contributed by atoms with Gasteiger partial charge in [0.25, 0.3) is 0 Å². The van der Waals surface area contributed by atoms with Crippen molar-refractivity contribution in [1.82, 2.24) is 0 Å². The number of methoxy groups -OCH3 is 1. The minimum atomic E-state index is -3.43. The Morgan fingerprint density at radius 3 is 2.08 bits per heavy atom. The molecule has 0 amide bonds. The minimum Gasteiger partial charge on any atom is -0.380 e. The molecular formula is C8H19NO3S. The van der Waals surface area contributed by atoms with Crippen molar-refractivity contribution in [3.63, 3.8) is 0 Å². The molecule has 0 radical (unpaired) electrons. The number of sulfonamides is 1. The summed E-state index contributed by atoms with van der Waals surface area (Å²) in [4.78, 5) is 0. The summed E-state index contributed by atoms with van der Waals surface area (Å²) in [6, 6.07) is 0. The predicted octanol–water partition coefficient (Wildman–Crippen LogP) is 0.726. The van der Waals surface area contributed by atoms with Crippen LogP contribution >= 0.6 is 0 Å². The first-order valence-corrected chi connectivity index (χ1v) is 5.89. The van der Waals surface area contributed by atoms with E-state index in [2.05, 4.69) is 0 Å². The molecule has 4 nitrogen and oxygen atoms in total. The lowest BCUT2D eigenvalue weighted by atomic mass is 9.90. The Morgan fingerprint density at radius 2 is 1.85 bits per heavy atom. The maximum absolute atomic E-state index is 10.8. The molecule has 0 bridgehead atoms. The topological polar surface area (TPSA) is 69.4 Å². The van der Waals surface area contributed by atoms with E-state index in [1.807, 2.05) is 20.8 Å².